The number of fused-ring (bicyclic) bond motifs is 1. The predicted octanol–water partition coefficient (Wildman–Crippen LogP) is -0.256. The number of tetrazole rings is 1. The lowest BCUT2D eigenvalue weighted by molar-refractivity contribution is 0.731. The average Bonchev–Trinajstić information content (AvgIpc) is 2.50. The Kier molecular flexibility index (Phi) is 1.32. The second-order valence-corrected chi connectivity index (χ2v) is 2.05. The molecule has 0 aliphatic carbocycles. The first-order chi connectivity index (χ1) is 5.40. The van der Waals surface area contributed by atoms with Gasteiger partial charge in [0.15, 0.2) is 5.65 Å². The van der Waals surface area contributed by atoms with Crippen molar-refractivity contribution in [2.24, 2.45) is 0 Å². The Balaban J connectivity index is 2.76. The Bertz CT molecular complexity index is 394. The number of hydrogen-bond donors (Lipinski definition) is 0. The molecule has 2 rings (SSSR count). The monoisotopic (exact) mass is 164 g/mol. The van der Waals surface area contributed by atoms with Crippen molar-refractivity contribution in [3.05, 3.63) is 17.8 Å². The first kappa shape index (κ1) is 6.29. The first-order valence-corrected chi connectivity index (χ1v) is 3.24. The summed E-state index contributed by atoms with van der Waals surface area (Å²) < 4.78 is 1.30. The molecule has 0 saturated heterocycles. The lowest BCUT2D eigenvalue weighted by Crippen LogP contribution is -1.97. The highest BCUT2D eigenvalue weighted by molar-refractivity contribution is 7.79. The number of hydrogen-bond acceptors (Lipinski definition) is 5. The van der Waals surface area contributed by atoms with Crippen molar-refractivity contribution in [1.29, 1.82) is 0 Å². The van der Waals surface area contributed by atoms with E-state index in [-0.39, 0.29) is 0 Å². The molecule has 53 valence electrons. The molecule has 6 heteroatoms. The molecule has 2 heterocycles. The lowest BCUT2D eigenvalue weighted by Gasteiger charge is -1.88. The molecule has 5 nitrogen and oxygen atoms in total. The molecular formula is C5H2N5S. The maximum atomic E-state index is 4.56. The topological polar surface area (TPSA) is 56.0 Å². The van der Waals surface area contributed by atoms with Crippen molar-refractivity contribution in [1.82, 2.24) is 25.3 Å². The van der Waals surface area contributed by atoms with Crippen molar-refractivity contribution in [3.8, 4) is 0 Å². The van der Waals surface area contributed by atoms with E-state index in [0.717, 1.165) is 0 Å². The maximum Gasteiger partial charge on any atom is 0.200 e. The number of rotatable bonds is 1. The van der Waals surface area contributed by atoms with Crippen LogP contribution in [0.1, 0.15) is 5.69 Å². The molecular weight excluding hydrogens is 162 g/mol. The molecule has 0 amide bonds. The van der Waals surface area contributed by atoms with Crippen LogP contribution in [0.5, 0.6) is 0 Å². The van der Waals surface area contributed by atoms with Gasteiger partial charge in [-0.05, 0) is 22.6 Å². The molecule has 0 aliphatic rings. The zero-order valence-corrected chi connectivity index (χ0v) is 6.12. The minimum Gasteiger partial charge on any atom is -0.146 e. The van der Waals surface area contributed by atoms with E-state index in [9.17, 15) is 0 Å². The summed E-state index contributed by atoms with van der Waals surface area (Å²) in [6.07, 6.45) is 0. The summed E-state index contributed by atoms with van der Waals surface area (Å²) >= 11 is 4.56. The molecule has 0 saturated carbocycles. The molecule has 0 unspecified atom stereocenters. The highest BCUT2D eigenvalue weighted by atomic mass is 32.1. The summed E-state index contributed by atoms with van der Waals surface area (Å²) in [6.45, 7) is 0. The van der Waals surface area contributed by atoms with Crippen molar-refractivity contribution < 1.29 is 0 Å². The molecule has 1 radical (unpaired) electrons. The van der Waals surface area contributed by atoms with E-state index in [1.165, 1.54) is 4.63 Å². The molecule has 2 aromatic heterocycles. The van der Waals surface area contributed by atoms with Crippen LogP contribution in [0.15, 0.2) is 12.1 Å². The van der Waals surface area contributed by atoms with Gasteiger partial charge < -0.3 is 0 Å². The standard InChI is InChI=1S/C5H2N5S/c11-3-4-1-2-5-6-8-9-10(5)7-4/h1-2H. The van der Waals surface area contributed by atoms with Gasteiger partial charge in [0.1, 0.15) is 5.69 Å². The Morgan fingerprint density at radius 3 is 3.18 bits per heavy atom. The van der Waals surface area contributed by atoms with Crippen LogP contribution in [0.4, 0.5) is 0 Å². The van der Waals surface area contributed by atoms with Gasteiger partial charge >= 0.3 is 0 Å². The van der Waals surface area contributed by atoms with E-state index >= 15 is 0 Å². The molecule has 0 bridgehead atoms. The van der Waals surface area contributed by atoms with Crippen LogP contribution in [-0.4, -0.2) is 30.6 Å². The predicted molar refractivity (Wildman–Crippen MR) is 40.3 cm³/mol. The van der Waals surface area contributed by atoms with Gasteiger partial charge in [-0.3, -0.25) is 0 Å². The van der Waals surface area contributed by atoms with E-state index in [4.69, 9.17) is 0 Å². The number of aromatic nitrogens is 5. The summed E-state index contributed by atoms with van der Waals surface area (Å²) in [4.78, 5) is 0. The molecule has 0 aromatic carbocycles. The zero-order chi connectivity index (χ0) is 7.68. The Labute approximate surface area is 67.0 Å². The van der Waals surface area contributed by atoms with E-state index in [1.807, 2.05) is 0 Å². The molecule has 2 aromatic rings. The molecule has 11 heavy (non-hydrogen) atoms. The molecule has 0 N–H and O–H groups in total. The van der Waals surface area contributed by atoms with Gasteiger partial charge in [0.25, 0.3) is 0 Å². The van der Waals surface area contributed by atoms with Crippen molar-refractivity contribution >= 4 is 23.2 Å². The van der Waals surface area contributed by atoms with Gasteiger partial charge in [-0.2, -0.15) is 0 Å². The fraction of sp³-hybridized carbons (Fsp3) is 0. The van der Waals surface area contributed by atoms with Crippen LogP contribution in [0, 0.1) is 0 Å². The van der Waals surface area contributed by atoms with Crippen molar-refractivity contribution in [2.45, 2.75) is 0 Å². The second-order valence-electron chi connectivity index (χ2n) is 1.85. The summed E-state index contributed by atoms with van der Waals surface area (Å²) in [5.74, 6) is 0. The van der Waals surface area contributed by atoms with Crippen LogP contribution in [0.25, 0.3) is 5.65 Å². The fourth-order valence-corrected chi connectivity index (χ4v) is 0.813. The average molecular weight is 164 g/mol. The minimum absolute atomic E-state index is 0.555. The van der Waals surface area contributed by atoms with Gasteiger partial charge in [-0.1, -0.05) is 12.2 Å². The molecule has 0 spiro atoms. The van der Waals surface area contributed by atoms with Crippen LogP contribution in [-0.2, 0) is 0 Å². The van der Waals surface area contributed by atoms with Crippen LogP contribution < -0.4 is 0 Å². The Hall–Kier alpha value is -1.43. The van der Waals surface area contributed by atoms with Crippen LogP contribution in [0.3, 0.4) is 0 Å². The van der Waals surface area contributed by atoms with Gasteiger partial charge in [0.05, 0.1) is 5.37 Å². The first-order valence-electron chi connectivity index (χ1n) is 2.84. The summed E-state index contributed by atoms with van der Waals surface area (Å²) in [7, 11) is 0. The lowest BCUT2D eigenvalue weighted by atomic mass is 10.4. The fourth-order valence-electron chi connectivity index (χ4n) is 0.704. The van der Waals surface area contributed by atoms with Crippen LogP contribution in [0.2, 0.25) is 0 Å². The van der Waals surface area contributed by atoms with Crippen LogP contribution >= 0.6 is 12.2 Å². The Morgan fingerprint density at radius 1 is 1.45 bits per heavy atom. The largest absolute Gasteiger partial charge is 0.200 e. The van der Waals surface area contributed by atoms with Crippen molar-refractivity contribution in [3.63, 3.8) is 0 Å². The highest BCUT2D eigenvalue weighted by Crippen LogP contribution is 1.94. The van der Waals surface area contributed by atoms with E-state index in [1.54, 1.807) is 12.1 Å². The smallest absolute Gasteiger partial charge is 0.146 e. The minimum atomic E-state index is 0.555. The zero-order valence-electron chi connectivity index (χ0n) is 5.30. The third-order valence-corrected chi connectivity index (χ3v) is 1.38. The van der Waals surface area contributed by atoms with E-state index in [0.29, 0.717) is 11.3 Å². The van der Waals surface area contributed by atoms with Crippen molar-refractivity contribution in [2.75, 3.05) is 0 Å². The SMILES string of the molecule is S=[C]c1ccc2nnnn2n1. The normalized spacial score (nSPS) is 10.2. The maximum absolute atomic E-state index is 4.56. The molecule has 0 atom stereocenters. The summed E-state index contributed by atoms with van der Waals surface area (Å²) in [6, 6.07) is 3.43. The summed E-state index contributed by atoms with van der Waals surface area (Å²) in [5, 5.41) is 17.1. The van der Waals surface area contributed by atoms with Gasteiger partial charge in [0, 0.05) is 0 Å². The summed E-state index contributed by atoms with van der Waals surface area (Å²) in [5.41, 5.74) is 1.15. The number of nitrogens with zero attached hydrogens (tertiary/aromatic N) is 5. The number of thiocarbonyl (C=S) groups is 1. The third kappa shape index (κ3) is 0.966. The van der Waals surface area contributed by atoms with E-state index < -0.39 is 0 Å². The second kappa shape index (κ2) is 2.31. The highest BCUT2D eigenvalue weighted by Gasteiger charge is 1.96. The quantitative estimate of drug-likeness (QED) is 0.544. The molecule has 0 aliphatic heterocycles. The van der Waals surface area contributed by atoms with Gasteiger partial charge in [-0.25, -0.2) is 0 Å². The molecule has 0 fully saturated rings. The van der Waals surface area contributed by atoms with E-state index in [2.05, 4.69) is 38.2 Å². The Morgan fingerprint density at radius 2 is 2.36 bits per heavy atom. The van der Waals surface area contributed by atoms with Gasteiger partial charge in [0.2, 0.25) is 0 Å². The third-order valence-electron chi connectivity index (χ3n) is 1.17. The van der Waals surface area contributed by atoms with Gasteiger partial charge in [-0.15, -0.1) is 14.8 Å².